The van der Waals surface area contributed by atoms with Gasteiger partial charge in [0.1, 0.15) is 11.3 Å². The highest BCUT2D eigenvalue weighted by molar-refractivity contribution is 6.30. The number of hydrogen-bond donors (Lipinski definition) is 1. The zero-order valence-electron chi connectivity index (χ0n) is 14.4. The SMILES string of the molecule is O=C(NCc1ccc(Cl)cc1)c1cn2ccc(-c3noc(C(F)(F)F)n3)cc2n1. The quantitative estimate of drug-likeness (QED) is 0.538. The van der Waals surface area contributed by atoms with Crippen molar-refractivity contribution in [2.75, 3.05) is 0 Å². The summed E-state index contributed by atoms with van der Waals surface area (Å²) in [5, 5.41) is 6.68. The first-order valence-electron chi connectivity index (χ1n) is 8.22. The Morgan fingerprint density at radius 1 is 1.17 bits per heavy atom. The first kappa shape index (κ1) is 18.9. The van der Waals surface area contributed by atoms with E-state index in [1.165, 1.54) is 24.5 Å². The van der Waals surface area contributed by atoms with Crippen molar-refractivity contribution < 1.29 is 22.5 Å². The predicted molar refractivity (Wildman–Crippen MR) is 96.1 cm³/mol. The molecule has 4 aromatic rings. The normalized spacial score (nSPS) is 11.7. The highest BCUT2D eigenvalue weighted by Crippen LogP contribution is 2.29. The molecule has 0 saturated heterocycles. The molecule has 0 unspecified atom stereocenters. The van der Waals surface area contributed by atoms with Crippen LogP contribution in [0, 0.1) is 0 Å². The summed E-state index contributed by atoms with van der Waals surface area (Å²) in [6.07, 6.45) is -1.68. The maximum Gasteiger partial charge on any atom is 0.471 e. The molecule has 0 atom stereocenters. The molecule has 3 aromatic heterocycles. The number of alkyl halides is 3. The Balaban J connectivity index is 1.52. The first-order valence-corrected chi connectivity index (χ1v) is 8.60. The molecule has 7 nitrogen and oxygen atoms in total. The summed E-state index contributed by atoms with van der Waals surface area (Å²) in [5.74, 6) is -2.06. The first-order chi connectivity index (χ1) is 13.8. The lowest BCUT2D eigenvalue weighted by Gasteiger charge is -2.03. The maximum absolute atomic E-state index is 12.6. The summed E-state index contributed by atoms with van der Waals surface area (Å²) >= 11 is 5.83. The number of pyridine rings is 1. The summed E-state index contributed by atoms with van der Waals surface area (Å²) < 4.78 is 43.6. The molecule has 4 rings (SSSR count). The largest absolute Gasteiger partial charge is 0.471 e. The highest BCUT2D eigenvalue weighted by Gasteiger charge is 2.38. The third-order valence-corrected chi connectivity index (χ3v) is 4.24. The van der Waals surface area contributed by atoms with Crippen LogP contribution in [-0.2, 0) is 12.7 Å². The Morgan fingerprint density at radius 3 is 2.62 bits per heavy atom. The lowest BCUT2D eigenvalue weighted by molar-refractivity contribution is -0.159. The maximum atomic E-state index is 12.6. The average Bonchev–Trinajstić information content (AvgIpc) is 3.33. The van der Waals surface area contributed by atoms with E-state index in [2.05, 4.69) is 25.0 Å². The van der Waals surface area contributed by atoms with Crippen LogP contribution in [0.1, 0.15) is 21.9 Å². The molecule has 0 saturated carbocycles. The molecule has 0 aliphatic heterocycles. The van der Waals surface area contributed by atoms with Gasteiger partial charge in [0.25, 0.3) is 5.91 Å². The van der Waals surface area contributed by atoms with E-state index < -0.39 is 18.0 Å². The van der Waals surface area contributed by atoms with E-state index in [4.69, 9.17) is 11.6 Å². The van der Waals surface area contributed by atoms with E-state index in [0.717, 1.165) is 5.56 Å². The minimum atomic E-state index is -4.72. The lowest BCUT2D eigenvalue weighted by atomic mass is 10.2. The molecule has 0 spiro atoms. The van der Waals surface area contributed by atoms with E-state index in [9.17, 15) is 18.0 Å². The van der Waals surface area contributed by atoms with Crippen molar-refractivity contribution in [2.45, 2.75) is 12.7 Å². The molecule has 1 N–H and O–H groups in total. The number of nitrogens with one attached hydrogen (secondary N) is 1. The van der Waals surface area contributed by atoms with Crippen LogP contribution >= 0.6 is 11.6 Å². The van der Waals surface area contributed by atoms with Crippen LogP contribution in [0.3, 0.4) is 0 Å². The highest BCUT2D eigenvalue weighted by atomic mass is 35.5. The minimum Gasteiger partial charge on any atom is -0.347 e. The van der Waals surface area contributed by atoms with Crippen molar-refractivity contribution in [1.82, 2.24) is 24.8 Å². The fourth-order valence-electron chi connectivity index (χ4n) is 2.56. The van der Waals surface area contributed by atoms with Crippen LogP contribution in [0.2, 0.25) is 5.02 Å². The molecule has 0 bridgehead atoms. The van der Waals surface area contributed by atoms with Crippen molar-refractivity contribution in [3.05, 3.63) is 71.0 Å². The van der Waals surface area contributed by atoms with E-state index in [1.807, 2.05) is 0 Å². The summed E-state index contributed by atoms with van der Waals surface area (Å²) in [6.45, 7) is 0.290. The molecular formula is C18H11ClF3N5O2. The van der Waals surface area contributed by atoms with Crippen LogP contribution in [0.5, 0.6) is 0 Å². The van der Waals surface area contributed by atoms with Crippen molar-refractivity contribution in [3.63, 3.8) is 0 Å². The van der Waals surface area contributed by atoms with Crippen LogP contribution in [0.4, 0.5) is 13.2 Å². The molecule has 0 radical (unpaired) electrons. The Hall–Kier alpha value is -3.40. The Morgan fingerprint density at radius 2 is 1.93 bits per heavy atom. The van der Waals surface area contributed by atoms with Gasteiger partial charge in [-0.3, -0.25) is 4.79 Å². The van der Waals surface area contributed by atoms with Gasteiger partial charge in [-0.1, -0.05) is 28.9 Å². The second kappa shape index (κ2) is 7.21. The zero-order valence-corrected chi connectivity index (χ0v) is 15.2. The van der Waals surface area contributed by atoms with E-state index in [1.54, 1.807) is 28.7 Å². The van der Waals surface area contributed by atoms with Gasteiger partial charge in [0.05, 0.1) is 0 Å². The Bertz CT molecular complexity index is 1180. The topological polar surface area (TPSA) is 85.3 Å². The molecule has 148 valence electrons. The lowest BCUT2D eigenvalue weighted by Crippen LogP contribution is -2.23. The molecule has 0 aliphatic rings. The number of halogens is 4. The fourth-order valence-corrected chi connectivity index (χ4v) is 2.69. The van der Waals surface area contributed by atoms with E-state index in [0.29, 0.717) is 10.7 Å². The number of hydrogen-bond acceptors (Lipinski definition) is 5. The monoisotopic (exact) mass is 421 g/mol. The zero-order chi connectivity index (χ0) is 20.6. The van der Waals surface area contributed by atoms with Gasteiger partial charge >= 0.3 is 12.1 Å². The molecule has 0 fully saturated rings. The van der Waals surface area contributed by atoms with Gasteiger partial charge in [0.15, 0.2) is 0 Å². The Kier molecular flexibility index (Phi) is 4.71. The molecule has 1 amide bonds. The smallest absolute Gasteiger partial charge is 0.347 e. The number of imidazole rings is 1. The third-order valence-electron chi connectivity index (χ3n) is 3.99. The van der Waals surface area contributed by atoms with Crippen molar-refractivity contribution >= 4 is 23.2 Å². The summed E-state index contributed by atoms with van der Waals surface area (Å²) in [4.78, 5) is 19.9. The number of carbonyl (C=O) groups excluding carboxylic acids is 1. The van der Waals surface area contributed by atoms with Crippen molar-refractivity contribution in [2.24, 2.45) is 0 Å². The summed E-state index contributed by atoms with van der Waals surface area (Å²) in [6, 6.07) is 9.97. The van der Waals surface area contributed by atoms with Gasteiger partial charge in [0.2, 0.25) is 5.82 Å². The number of benzene rings is 1. The summed E-state index contributed by atoms with van der Waals surface area (Å²) in [7, 11) is 0. The third kappa shape index (κ3) is 4.06. The number of nitrogens with zero attached hydrogens (tertiary/aromatic N) is 4. The van der Waals surface area contributed by atoms with Crippen molar-refractivity contribution in [3.8, 4) is 11.4 Å². The number of carbonyl (C=O) groups is 1. The van der Waals surface area contributed by atoms with Gasteiger partial charge in [-0.2, -0.15) is 18.2 Å². The van der Waals surface area contributed by atoms with E-state index >= 15 is 0 Å². The van der Waals surface area contributed by atoms with Gasteiger partial charge in [-0.25, -0.2) is 4.98 Å². The average molecular weight is 422 g/mol. The van der Waals surface area contributed by atoms with E-state index in [-0.39, 0.29) is 23.6 Å². The predicted octanol–water partition coefficient (Wildman–Crippen LogP) is 3.99. The molecule has 11 heteroatoms. The molecule has 3 heterocycles. The molecule has 29 heavy (non-hydrogen) atoms. The van der Waals surface area contributed by atoms with Gasteiger partial charge in [0, 0.05) is 29.5 Å². The molecule has 0 aliphatic carbocycles. The molecule has 1 aromatic carbocycles. The van der Waals surface area contributed by atoms with Crippen LogP contribution < -0.4 is 5.32 Å². The fraction of sp³-hybridized carbons (Fsp3) is 0.111. The standard InChI is InChI=1S/C18H11ClF3N5O2/c19-12-3-1-10(2-4-12)8-23-16(28)13-9-27-6-5-11(7-14(27)24-13)15-25-17(29-26-15)18(20,21)22/h1-7,9H,8H2,(H,23,28). The number of fused-ring (bicyclic) bond motifs is 1. The number of amides is 1. The summed E-state index contributed by atoms with van der Waals surface area (Å²) in [5.41, 5.74) is 1.64. The van der Waals surface area contributed by atoms with Crippen LogP contribution in [0.25, 0.3) is 17.0 Å². The molecular weight excluding hydrogens is 411 g/mol. The van der Waals surface area contributed by atoms with Gasteiger partial charge in [-0.05, 0) is 29.8 Å². The number of rotatable bonds is 4. The second-order valence-electron chi connectivity index (χ2n) is 6.04. The van der Waals surface area contributed by atoms with Crippen LogP contribution in [-0.4, -0.2) is 25.4 Å². The minimum absolute atomic E-state index is 0.153. The Labute approximate surface area is 166 Å². The van der Waals surface area contributed by atoms with Crippen LogP contribution in [0.15, 0.2) is 53.3 Å². The van der Waals surface area contributed by atoms with Gasteiger partial charge < -0.3 is 14.2 Å². The van der Waals surface area contributed by atoms with Crippen molar-refractivity contribution in [1.29, 1.82) is 0 Å². The second-order valence-corrected chi connectivity index (χ2v) is 6.47. The van der Waals surface area contributed by atoms with Gasteiger partial charge in [-0.15, -0.1) is 0 Å². The number of aromatic nitrogens is 4.